The number of aromatic nitrogens is 1. The van der Waals surface area contributed by atoms with E-state index in [2.05, 4.69) is 55.2 Å². The summed E-state index contributed by atoms with van der Waals surface area (Å²) in [6.45, 7) is 4.48. The summed E-state index contributed by atoms with van der Waals surface area (Å²) < 4.78 is 14.9. The van der Waals surface area contributed by atoms with Crippen molar-refractivity contribution in [3.05, 3.63) is 77.7 Å². The third-order valence-corrected chi connectivity index (χ3v) is 6.50. The second-order valence-electron chi connectivity index (χ2n) is 9.26. The third kappa shape index (κ3) is 8.11. The van der Waals surface area contributed by atoms with Crippen molar-refractivity contribution in [2.75, 3.05) is 0 Å². The standard InChI is InChI=1S/C31H40FN/c1-3-5-7-8-9-10-12-14-26-17-21-28(22-18-26)30-24-23-29(31(32)33-30)27-19-15-25(16-20-27)13-11-6-4-2/h15-24H,3-14H2,1-2H3. The predicted molar refractivity (Wildman–Crippen MR) is 140 cm³/mol. The van der Waals surface area contributed by atoms with Crippen molar-refractivity contribution in [2.24, 2.45) is 0 Å². The first-order valence-corrected chi connectivity index (χ1v) is 13.1. The largest absolute Gasteiger partial charge is 0.221 e. The van der Waals surface area contributed by atoms with Gasteiger partial charge in [0.2, 0.25) is 5.95 Å². The van der Waals surface area contributed by atoms with Gasteiger partial charge in [0, 0.05) is 11.1 Å². The van der Waals surface area contributed by atoms with Crippen molar-refractivity contribution in [1.82, 2.24) is 4.98 Å². The first-order chi connectivity index (χ1) is 16.2. The molecule has 0 atom stereocenters. The molecule has 176 valence electrons. The van der Waals surface area contributed by atoms with Gasteiger partial charge in [-0.2, -0.15) is 4.39 Å². The van der Waals surface area contributed by atoms with Crippen molar-refractivity contribution >= 4 is 0 Å². The van der Waals surface area contributed by atoms with Crippen molar-refractivity contribution in [1.29, 1.82) is 0 Å². The van der Waals surface area contributed by atoms with Crippen LogP contribution in [0.4, 0.5) is 4.39 Å². The maximum absolute atomic E-state index is 14.9. The van der Waals surface area contributed by atoms with Crippen molar-refractivity contribution in [3.8, 4) is 22.4 Å². The molecule has 3 aromatic rings. The Morgan fingerprint density at radius 3 is 1.61 bits per heavy atom. The fraction of sp³-hybridized carbons (Fsp3) is 0.452. The van der Waals surface area contributed by atoms with Crippen molar-refractivity contribution in [2.45, 2.75) is 90.9 Å². The Bertz CT molecular complexity index is 944. The third-order valence-electron chi connectivity index (χ3n) is 6.50. The number of aryl methyl sites for hydroxylation is 2. The zero-order valence-corrected chi connectivity index (χ0v) is 20.6. The van der Waals surface area contributed by atoms with Crippen LogP contribution in [0.2, 0.25) is 0 Å². The van der Waals surface area contributed by atoms with Crippen LogP contribution in [0.15, 0.2) is 60.7 Å². The van der Waals surface area contributed by atoms with Gasteiger partial charge in [-0.3, -0.25) is 0 Å². The molecule has 0 N–H and O–H groups in total. The van der Waals surface area contributed by atoms with E-state index in [-0.39, 0.29) is 0 Å². The number of halogens is 1. The SMILES string of the molecule is CCCCCCCCCc1ccc(-c2ccc(-c3ccc(CCCCC)cc3)c(F)n2)cc1. The fourth-order valence-corrected chi connectivity index (χ4v) is 4.37. The molecule has 2 heteroatoms. The molecule has 2 aromatic carbocycles. The molecule has 0 amide bonds. The average molecular weight is 446 g/mol. The molecule has 0 bridgehead atoms. The van der Waals surface area contributed by atoms with Crippen LogP contribution < -0.4 is 0 Å². The molecule has 0 aliphatic carbocycles. The summed E-state index contributed by atoms with van der Waals surface area (Å²) in [7, 11) is 0. The minimum Gasteiger partial charge on any atom is -0.219 e. The zero-order chi connectivity index (χ0) is 23.3. The lowest BCUT2D eigenvalue weighted by atomic mass is 10.0. The summed E-state index contributed by atoms with van der Waals surface area (Å²) in [6, 6.07) is 20.5. The van der Waals surface area contributed by atoms with Gasteiger partial charge < -0.3 is 0 Å². The molecule has 33 heavy (non-hydrogen) atoms. The number of nitrogens with zero attached hydrogens (tertiary/aromatic N) is 1. The second-order valence-corrected chi connectivity index (χ2v) is 9.26. The van der Waals surface area contributed by atoms with Gasteiger partial charge in [-0.15, -0.1) is 0 Å². The van der Waals surface area contributed by atoms with Gasteiger partial charge >= 0.3 is 0 Å². The van der Waals surface area contributed by atoms with E-state index >= 15 is 0 Å². The van der Waals surface area contributed by atoms with Crippen LogP contribution in [0.1, 0.15) is 89.2 Å². The van der Waals surface area contributed by atoms with E-state index < -0.39 is 5.95 Å². The first-order valence-electron chi connectivity index (χ1n) is 13.1. The zero-order valence-electron chi connectivity index (χ0n) is 20.6. The van der Waals surface area contributed by atoms with Crippen LogP contribution in [0.5, 0.6) is 0 Å². The van der Waals surface area contributed by atoms with Crippen molar-refractivity contribution < 1.29 is 4.39 Å². The molecule has 0 aliphatic rings. The molecule has 0 aliphatic heterocycles. The van der Waals surface area contributed by atoms with E-state index in [1.165, 1.54) is 75.3 Å². The van der Waals surface area contributed by atoms with Crippen LogP contribution >= 0.6 is 0 Å². The molecule has 0 saturated carbocycles. The molecule has 3 rings (SSSR count). The number of hydrogen-bond donors (Lipinski definition) is 0. The van der Waals surface area contributed by atoms with Crippen molar-refractivity contribution in [3.63, 3.8) is 0 Å². The van der Waals surface area contributed by atoms with Gasteiger partial charge in [-0.1, -0.05) is 114 Å². The number of pyridine rings is 1. The topological polar surface area (TPSA) is 12.9 Å². The maximum atomic E-state index is 14.9. The van der Waals surface area contributed by atoms with Crippen LogP contribution in [-0.4, -0.2) is 4.98 Å². The Hall–Kier alpha value is -2.48. The summed E-state index contributed by atoms with van der Waals surface area (Å²) in [5.41, 5.74) is 5.77. The van der Waals surface area contributed by atoms with Gasteiger partial charge in [0.25, 0.3) is 0 Å². The molecule has 0 unspecified atom stereocenters. The van der Waals surface area contributed by atoms with Gasteiger partial charge in [-0.05, 0) is 54.5 Å². The van der Waals surface area contributed by atoms with E-state index in [4.69, 9.17) is 0 Å². The van der Waals surface area contributed by atoms with E-state index in [1.807, 2.05) is 24.3 Å². The van der Waals surface area contributed by atoms with E-state index in [1.54, 1.807) is 0 Å². The van der Waals surface area contributed by atoms with E-state index in [0.717, 1.165) is 24.0 Å². The highest BCUT2D eigenvalue weighted by Gasteiger charge is 2.09. The van der Waals surface area contributed by atoms with Gasteiger partial charge in [0.1, 0.15) is 0 Å². The Morgan fingerprint density at radius 2 is 1.03 bits per heavy atom. The normalized spacial score (nSPS) is 11.1. The van der Waals surface area contributed by atoms with Crippen LogP contribution in [0.3, 0.4) is 0 Å². The lowest BCUT2D eigenvalue weighted by Crippen LogP contribution is -1.93. The van der Waals surface area contributed by atoms with Crippen LogP contribution in [0.25, 0.3) is 22.4 Å². The van der Waals surface area contributed by atoms with Gasteiger partial charge in [0.15, 0.2) is 0 Å². The highest BCUT2D eigenvalue weighted by atomic mass is 19.1. The molecule has 0 saturated heterocycles. The smallest absolute Gasteiger partial charge is 0.219 e. The minimum absolute atomic E-state index is 0.404. The Labute approximate surface area is 200 Å². The molecule has 1 heterocycles. The summed E-state index contributed by atoms with van der Waals surface area (Å²) in [5, 5.41) is 0. The minimum atomic E-state index is -0.404. The number of unbranched alkanes of at least 4 members (excludes halogenated alkanes) is 8. The lowest BCUT2D eigenvalue weighted by Gasteiger charge is -2.08. The van der Waals surface area contributed by atoms with Crippen LogP contribution in [-0.2, 0) is 12.8 Å². The number of benzene rings is 2. The number of rotatable bonds is 14. The summed E-state index contributed by atoms with van der Waals surface area (Å²) in [4.78, 5) is 4.28. The molecule has 0 radical (unpaired) electrons. The molecule has 0 spiro atoms. The van der Waals surface area contributed by atoms with Gasteiger partial charge in [-0.25, -0.2) is 4.98 Å². The Balaban J connectivity index is 1.55. The van der Waals surface area contributed by atoms with E-state index in [9.17, 15) is 4.39 Å². The summed E-state index contributed by atoms with van der Waals surface area (Å²) >= 11 is 0. The molecule has 1 nitrogen and oxygen atoms in total. The Morgan fingerprint density at radius 1 is 0.545 bits per heavy atom. The first kappa shape index (κ1) is 25.1. The van der Waals surface area contributed by atoms with Crippen LogP contribution in [0, 0.1) is 5.95 Å². The molecular formula is C31H40FN. The van der Waals surface area contributed by atoms with E-state index in [0.29, 0.717) is 11.3 Å². The maximum Gasteiger partial charge on any atom is 0.221 e. The summed E-state index contributed by atoms with van der Waals surface area (Å²) in [5.74, 6) is -0.404. The fourth-order valence-electron chi connectivity index (χ4n) is 4.37. The lowest BCUT2D eigenvalue weighted by molar-refractivity contribution is 0.589. The number of hydrogen-bond acceptors (Lipinski definition) is 1. The molecule has 1 aromatic heterocycles. The Kier molecular flexibility index (Phi) is 10.6. The predicted octanol–water partition coefficient (Wildman–Crippen LogP) is 9.58. The quantitative estimate of drug-likeness (QED) is 0.178. The average Bonchev–Trinajstić information content (AvgIpc) is 2.84. The molecule has 0 fully saturated rings. The monoisotopic (exact) mass is 445 g/mol. The second kappa shape index (κ2) is 13.9. The summed E-state index contributed by atoms with van der Waals surface area (Å²) in [6.07, 6.45) is 15.2. The highest BCUT2D eigenvalue weighted by Crippen LogP contribution is 2.26. The van der Waals surface area contributed by atoms with Gasteiger partial charge in [0.05, 0.1) is 5.69 Å². The molecular weight excluding hydrogens is 405 g/mol. The highest BCUT2D eigenvalue weighted by molar-refractivity contribution is 5.67.